The third-order valence-electron chi connectivity index (χ3n) is 4.74. The number of hydrogen-bond acceptors (Lipinski definition) is 3. The lowest BCUT2D eigenvalue weighted by molar-refractivity contribution is 0.0261. The van der Waals surface area contributed by atoms with E-state index < -0.39 is 0 Å². The average molecular weight is 317 g/mol. The van der Waals surface area contributed by atoms with Gasteiger partial charge in [-0.05, 0) is 62.6 Å². The first-order valence-corrected chi connectivity index (χ1v) is 8.22. The maximum atomic E-state index is 13.1. The Morgan fingerprint density at radius 1 is 1.22 bits per heavy atom. The first kappa shape index (κ1) is 16.2. The summed E-state index contributed by atoms with van der Waals surface area (Å²) in [7, 11) is 0. The number of hydrogen-bond donors (Lipinski definition) is 1. The second-order valence-corrected chi connectivity index (χ2v) is 6.79. The Balaban J connectivity index is 1.69. The molecule has 1 fully saturated rings. The molecular weight excluding hydrogens is 293 g/mol. The zero-order valence-electron chi connectivity index (χ0n) is 13.6. The summed E-state index contributed by atoms with van der Waals surface area (Å²) in [6.07, 6.45) is 2.83. The summed E-state index contributed by atoms with van der Waals surface area (Å²) >= 11 is 0. The number of halogens is 1. The molecule has 1 saturated heterocycles. The highest BCUT2D eigenvalue weighted by Crippen LogP contribution is 2.34. The van der Waals surface area contributed by atoms with Crippen molar-refractivity contribution < 1.29 is 13.9 Å². The summed E-state index contributed by atoms with van der Waals surface area (Å²) < 4.78 is 18.8. The number of nitrogens with zero attached hydrogens (tertiary/aromatic N) is 1. The molecule has 0 spiro atoms. The normalized spacial score (nSPS) is 22.4. The smallest absolute Gasteiger partial charge is 0.123 e. The molecule has 0 aliphatic carbocycles. The van der Waals surface area contributed by atoms with Gasteiger partial charge >= 0.3 is 0 Å². The number of piperidine rings is 1. The molecule has 2 aromatic rings. The van der Waals surface area contributed by atoms with Gasteiger partial charge in [-0.3, -0.25) is 4.90 Å². The van der Waals surface area contributed by atoms with Crippen LogP contribution in [-0.4, -0.2) is 29.7 Å². The van der Waals surface area contributed by atoms with Crippen LogP contribution in [0.3, 0.4) is 0 Å². The minimum Gasteiger partial charge on any atom is -0.465 e. The van der Waals surface area contributed by atoms with Crippen molar-refractivity contribution in [1.82, 2.24) is 4.90 Å². The molecule has 0 amide bonds. The SMILES string of the molecule is Cc1ccc(CN2CCCC(CO)(Cc3ccc(F)cc3)C2)o1. The highest BCUT2D eigenvalue weighted by molar-refractivity contribution is 5.18. The standard InChI is InChI=1S/C19H24FNO2/c1-15-3-8-18(23-15)12-21-10-2-9-19(13-21,14-22)11-16-4-6-17(20)7-5-16/h3-8,22H,2,9-14H2,1H3. The van der Waals surface area contributed by atoms with E-state index in [4.69, 9.17) is 4.42 Å². The number of rotatable bonds is 5. The fourth-order valence-corrected chi connectivity index (χ4v) is 3.60. The van der Waals surface area contributed by atoms with E-state index >= 15 is 0 Å². The second kappa shape index (κ2) is 6.85. The van der Waals surface area contributed by atoms with Crippen molar-refractivity contribution in [2.75, 3.05) is 19.7 Å². The molecule has 3 nitrogen and oxygen atoms in total. The van der Waals surface area contributed by atoms with Gasteiger partial charge in [0.2, 0.25) is 0 Å². The molecular formula is C19H24FNO2. The lowest BCUT2D eigenvalue weighted by Crippen LogP contribution is -2.46. The van der Waals surface area contributed by atoms with E-state index in [-0.39, 0.29) is 17.8 Å². The molecule has 2 heterocycles. The number of aliphatic hydroxyl groups excluding tert-OH is 1. The first-order chi connectivity index (χ1) is 11.1. The molecule has 4 heteroatoms. The average Bonchev–Trinajstić information content (AvgIpc) is 2.95. The fraction of sp³-hybridized carbons (Fsp3) is 0.474. The monoisotopic (exact) mass is 317 g/mol. The van der Waals surface area contributed by atoms with E-state index in [1.54, 1.807) is 0 Å². The molecule has 124 valence electrons. The van der Waals surface area contributed by atoms with Gasteiger partial charge in [0.25, 0.3) is 0 Å². The van der Waals surface area contributed by atoms with Gasteiger partial charge in [0.1, 0.15) is 17.3 Å². The molecule has 23 heavy (non-hydrogen) atoms. The fourth-order valence-electron chi connectivity index (χ4n) is 3.60. The summed E-state index contributed by atoms with van der Waals surface area (Å²) in [6, 6.07) is 10.6. The zero-order valence-corrected chi connectivity index (χ0v) is 13.6. The maximum absolute atomic E-state index is 13.1. The van der Waals surface area contributed by atoms with Gasteiger partial charge in [0.15, 0.2) is 0 Å². The number of benzene rings is 1. The minimum atomic E-state index is -0.217. The van der Waals surface area contributed by atoms with Crippen LogP contribution in [0.15, 0.2) is 40.8 Å². The Bertz CT molecular complexity index is 637. The van der Waals surface area contributed by atoms with Crippen LogP contribution >= 0.6 is 0 Å². The van der Waals surface area contributed by atoms with Crippen LogP contribution in [0.5, 0.6) is 0 Å². The van der Waals surface area contributed by atoms with Crippen LogP contribution in [-0.2, 0) is 13.0 Å². The van der Waals surface area contributed by atoms with Gasteiger partial charge in [0, 0.05) is 12.0 Å². The van der Waals surface area contributed by atoms with Crippen LogP contribution in [0.25, 0.3) is 0 Å². The van der Waals surface area contributed by atoms with Gasteiger partial charge in [0.05, 0.1) is 13.2 Å². The van der Waals surface area contributed by atoms with Crippen LogP contribution in [0.2, 0.25) is 0 Å². The van der Waals surface area contributed by atoms with Gasteiger partial charge < -0.3 is 9.52 Å². The largest absolute Gasteiger partial charge is 0.465 e. The van der Waals surface area contributed by atoms with Crippen molar-refractivity contribution in [2.24, 2.45) is 5.41 Å². The summed E-state index contributed by atoms with van der Waals surface area (Å²) in [5.41, 5.74) is 0.925. The van der Waals surface area contributed by atoms with Gasteiger partial charge in [-0.1, -0.05) is 12.1 Å². The first-order valence-electron chi connectivity index (χ1n) is 8.22. The summed E-state index contributed by atoms with van der Waals surface area (Å²) in [5.74, 6) is 1.68. The topological polar surface area (TPSA) is 36.6 Å². The third kappa shape index (κ3) is 4.01. The Morgan fingerprint density at radius 3 is 2.65 bits per heavy atom. The molecule has 1 aliphatic rings. The predicted molar refractivity (Wildman–Crippen MR) is 87.6 cm³/mol. The summed E-state index contributed by atoms with van der Waals surface area (Å²) in [5, 5.41) is 10.0. The molecule has 1 aromatic heterocycles. The van der Waals surface area contributed by atoms with Crippen molar-refractivity contribution in [3.8, 4) is 0 Å². The number of furan rings is 1. The Kier molecular flexibility index (Phi) is 4.83. The van der Waals surface area contributed by atoms with Crippen LogP contribution in [0.4, 0.5) is 4.39 Å². The highest BCUT2D eigenvalue weighted by Gasteiger charge is 2.35. The van der Waals surface area contributed by atoms with E-state index in [9.17, 15) is 9.50 Å². The van der Waals surface area contributed by atoms with E-state index in [2.05, 4.69) is 4.90 Å². The van der Waals surface area contributed by atoms with Crippen molar-refractivity contribution >= 4 is 0 Å². The third-order valence-corrected chi connectivity index (χ3v) is 4.74. The van der Waals surface area contributed by atoms with E-state index in [1.165, 1.54) is 12.1 Å². The van der Waals surface area contributed by atoms with Gasteiger partial charge in [-0.25, -0.2) is 4.39 Å². The highest BCUT2D eigenvalue weighted by atomic mass is 19.1. The second-order valence-electron chi connectivity index (χ2n) is 6.79. The van der Waals surface area contributed by atoms with E-state index in [0.717, 1.165) is 56.0 Å². The zero-order chi connectivity index (χ0) is 16.3. The van der Waals surface area contributed by atoms with Crippen molar-refractivity contribution in [1.29, 1.82) is 0 Å². The molecule has 0 saturated carbocycles. The summed E-state index contributed by atoms with van der Waals surface area (Å²) in [6.45, 7) is 4.73. The van der Waals surface area contributed by atoms with Crippen molar-refractivity contribution in [2.45, 2.75) is 32.7 Å². The molecule has 1 unspecified atom stereocenters. The lowest BCUT2D eigenvalue weighted by Gasteiger charge is -2.41. The molecule has 0 bridgehead atoms. The van der Waals surface area contributed by atoms with E-state index in [0.29, 0.717) is 0 Å². The van der Waals surface area contributed by atoms with Gasteiger partial charge in [-0.15, -0.1) is 0 Å². The van der Waals surface area contributed by atoms with Gasteiger partial charge in [-0.2, -0.15) is 0 Å². The molecule has 0 radical (unpaired) electrons. The minimum absolute atomic E-state index is 0.151. The molecule has 1 aromatic carbocycles. The number of aryl methyl sites for hydroxylation is 1. The molecule has 1 aliphatic heterocycles. The van der Waals surface area contributed by atoms with Crippen LogP contribution in [0.1, 0.15) is 29.9 Å². The lowest BCUT2D eigenvalue weighted by atomic mass is 9.75. The van der Waals surface area contributed by atoms with Crippen LogP contribution < -0.4 is 0 Å². The molecule has 1 N–H and O–H groups in total. The molecule has 1 atom stereocenters. The number of aliphatic hydroxyl groups is 1. The number of likely N-dealkylation sites (tertiary alicyclic amines) is 1. The Morgan fingerprint density at radius 2 is 2.00 bits per heavy atom. The predicted octanol–water partition coefficient (Wildman–Crippen LogP) is 3.54. The maximum Gasteiger partial charge on any atom is 0.123 e. The Hall–Kier alpha value is -1.65. The van der Waals surface area contributed by atoms with E-state index in [1.807, 2.05) is 31.2 Å². The van der Waals surface area contributed by atoms with Crippen LogP contribution in [0, 0.1) is 18.2 Å². The molecule has 3 rings (SSSR count). The quantitative estimate of drug-likeness (QED) is 0.916. The Labute approximate surface area is 136 Å². The summed E-state index contributed by atoms with van der Waals surface area (Å²) in [4.78, 5) is 2.35. The van der Waals surface area contributed by atoms with Crippen molar-refractivity contribution in [3.63, 3.8) is 0 Å². The van der Waals surface area contributed by atoms with Crippen molar-refractivity contribution in [3.05, 3.63) is 59.3 Å².